The van der Waals surface area contributed by atoms with Crippen molar-refractivity contribution in [2.75, 3.05) is 31.6 Å². The summed E-state index contributed by atoms with van der Waals surface area (Å²) in [6, 6.07) is 6.07. The first kappa shape index (κ1) is 15.9. The van der Waals surface area contributed by atoms with E-state index in [9.17, 15) is 4.79 Å². The Labute approximate surface area is 130 Å². The van der Waals surface area contributed by atoms with Crippen molar-refractivity contribution in [2.45, 2.75) is 25.9 Å². The SMILES string of the molecule is CCNCc1cccc(Cl)c1N1CCC(NC(=O)OC)C1. The minimum atomic E-state index is -0.381. The van der Waals surface area contributed by atoms with Gasteiger partial charge in [-0.25, -0.2) is 4.79 Å². The Kier molecular flexibility index (Phi) is 5.70. The highest BCUT2D eigenvalue weighted by atomic mass is 35.5. The Hall–Kier alpha value is -1.46. The lowest BCUT2D eigenvalue weighted by atomic mass is 10.1. The lowest BCUT2D eigenvalue weighted by molar-refractivity contribution is 0.167. The number of carbonyl (C=O) groups excluding carboxylic acids is 1. The number of para-hydroxylation sites is 1. The van der Waals surface area contributed by atoms with E-state index in [2.05, 4.69) is 33.3 Å². The molecule has 1 unspecified atom stereocenters. The third-order valence-electron chi connectivity index (χ3n) is 3.65. The summed E-state index contributed by atoms with van der Waals surface area (Å²) in [5.74, 6) is 0. The summed E-state index contributed by atoms with van der Waals surface area (Å²) in [7, 11) is 1.38. The van der Waals surface area contributed by atoms with Crippen LogP contribution in [0.3, 0.4) is 0 Å². The highest BCUT2D eigenvalue weighted by molar-refractivity contribution is 6.33. The van der Waals surface area contributed by atoms with Crippen LogP contribution in [-0.4, -0.2) is 38.9 Å². The van der Waals surface area contributed by atoms with Gasteiger partial charge in [-0.3, -0.25) is 0 Å². The summed E-state index contributed by atoms with van der Waals surface area (Å²) in [4.78, 5) is 13.5. The monoisotopic (exact) mass is 311 g/mol. The van der Waals surface area contributed by atoms with Gasteiger partial charge in [0.15, 0.2) is 0 Å². The molecule has 1 aromatic carbocycles. The Morgan fingerprint density at radius 1 is 1.52 bits per heavy atom. The number of alkyl carbamates (subject to hydrolysis) is 1. The Balaban J connectivity index is 2.09. The molecule has 5 nitrogen and oxygen atoms in total. The molecule has 2 rings (SSSR count). The van der Waals surface area contributed by atoms with Crippen molar-refractivity contribution >= 4 is 23.4 Å². The Morgan fingerprint density at radius 3 is 3.05 bits per heavy atom. The molecule has 1 heterocycles. The normalized spacial score (nSPS) is 17.9. The number of methoxy groups -OCH3 is 1. The number of carbonyl (C=O) groups is 1. The van der Waals surface area contributed by atoms with E-state index in [1.807, 2.05) is 12.1 Å². The van der Waals surface area contributed by atoms with Crippen LogP contribution in [0.1, 0.15) is 18.9 Å². The number of nitrogens with zero attached hydrogens (tertiary/aromatic N) is 1. The van der Waals surface area contributed by atoms with Gasteiger partial charge in [-0.2, -0.15) is 0 Å². The number of nitrogens with one attached hydrogen (secondary N) is 2. The first-order valence-corrected chi connectivity index (χ1v) is 7.61. The molecule has 21 heavy (non-hydrogen) atoms. The number of ether oxygens (including phenoxy) is 1. The number of halogens is 1. The third kappa shape index (κ3) is 4.02. The van der Waals surface area contributed by atoms with Gasteiger partial charge in [-0.05, 0) is 24.6 Å². The topological polar surface area (TPSA) is 53.6 Å². The number of rotatable bonds is 5. The van der Waals surface area contributed by atoms with Gasteiger partial charge >= 0.3 is 6.09 Å². The smallest absolute Gasteiger partial charge is 0.407 e. The average Bonchev–Trinajstić information content (AvgIpc) is 2.92. The molecule has 1 aliphatic rings. The van der Waals surface area contributed by atoms with E-state index in [0.29, 0.717) is 0 Å². The molecule has 2 N–H and O–H groups in total. The first-order chi connectivity index (χ1) is 10.2. The van der Waals surface area contributed by atoms with Crippen LogP contribution in [0.25, 0.3) is 0 Å². The molecule has 6 heteroatoms. The fraction of sp³-hybridized carbons (Fsp3) is 0.533. The van der Waals surface area contributed by atoms with Crippen LogP contribution in [0.2, 0.25) is 5.02 Å². The molecule has 0 radical (unpaired) electrons. The molecule has 0 saturated carbocycles. The van der Waals surface area contributed by atoms with Crippen LogP contribution in [0, 0.1) is 0 Å². The molecule has 1 saturated heterocycles. The van der Waals surface area contributed by atoms with E-state index in [4.69, 9.17) is 11.6 Å². The van der Waals surface area contributed by atoms with Crippen LogP contribution >= 0.6 is 11.6 Å². The van der Waals surface area contributed by atoms with Crippen LogP contribution in [-0.2, 0) is 11.3 Å². The maximum Gasteiger partial charge on any atom is 0.407 e. The van der Waals surface area contributed by atoms with E-state index in [-0.39, 0.29) is 12.1 Å². The summed E-state index contributed by atoms with van der Waals surface area (Å²) in [6.07, 6.45) is 0.509. The predicted molar refractivity (Wildman–Crippen MR) is 85.0 cm³/mol. The molecule has 1 fully saturated rings. The Morgan fingerprint density at radius 2 is 2.33 bits per heavy atom. The van der Waals surface area contributed by atoms with Gasteiger partial charge in [0.2, 0.25) is 0 Å². The van der Waals surface area contributed by atoms with Gasteiger partial charge in [0.25, 0.3) is 0 Å². The molecule has 1 atom stereocenters. The largest absolute Gasteiger partial charge is 0.453 e. The van der Waals surface area contributed by atoms with Gasteiger partial charge in [-0.1, -0.05) is 30.7 Å². The summed E-state index contributed by atoms with van der Waals surface area (Å²) in [6.45, 7) is 5.41. The van der Waals surface area contributed by atoms with Gasteiger partial charge in [-0.15, -0.1) is 0 Å². The van der Waals surface area contributed by atoms with Crippen LogP contribution in [0.15, 0.2) is 18.2 Å². The van der Waals surface area contributed by atoms with E-state index in [1.165, 1.54) is 12.7 Å². The third-order valence-corrected chi connectivity index (χ3v) is 3.95. The quantitative estimate of drug-likeness (QED) is 0.876. The summed E-state index contributed by atoms with van der Waals surface area (Å²) in [5, 5.41) is 6.94. The minimum absolute atomic E-state index is 0.0979. The molecule has 0 spiro atoms. The molecule has 116 valence electrons. The van der Waals surface area contributed by atoms with Gasteiger partial charge in [0.1, 0.15) is 0 Å². The fourth-order valence-electron chi connectivity index (χ4n) is 2.62. The minimum Gasteiger partial charge on any atom is -0.453 e. The van der Waals surface area contributed by atoms with Crippen LogP contribution in [0.5, 0.6) is 0 Å². The van der Waals surface area contributed by atoms with E-state index < -0.39 is 0 Å². The summed E-state index contributed by atoms with van der Waals surface area (Å²) < 4.78 is 4.65. The molecule has 0 aliphatic carbocycles. The average molecular weight is 312 g/mol. The van der Waals surface area contributed by atoms with Crippen molar-refractivity contribution in [1.82, 2.24) is 10.6 Å². The molecule has 0 bridgehead atoms. The van der Waals surface area contributed by atoms with E-state index >= 15 is 0 Å². The van der Waals surface area contributed by atoms with Crippen molar-refractivity contribution < 1.29 is 9.53 Å². The van der Waals surface area contributed by atoms with E-state index in [0.717, 1.165) is 43.3 Å². The second-order valence-electron chi connectivity index (χ2n) is 5.10. The zero-order valence-electron chi connectivity index (χ0n) is 12.5. The van der Waals surface area contributed by atoms with E-state index in [1.54, 1.807) is 0 Å². The second kappa shape index (κ2) is 7.52. The molecule has 1 aliphatic heterocycles. The highest BCUT2D eigenvalue weighted by Crippen LogP contribution is 2.32. The number of hydrogen-bond donors (Lipinski definition) is 2. The molecular formula is C15H22ClN3O2. The number of benzene rings is 1. The zero-order valence-corrected chi connectivity index (χ0v) is 13.2. The lowest BCUT2D eigenvalue weighted by Gasteiger charge is -2.23. The van der Waals surface area contributed by atoms with Crippen LogP contribution in [0.4, 0.5) is 10.5 Å². The predicted octanol–water partition coefficient (Wildman–Crippen LogP) is 2.38. The van der Waals surface area contributed by atoms with Crippen LogP contribution < -0.4 is 15.5 Å². The van der Waals surface area contributed by atoms with Crippen molar-refractivity contribution in [3.63, 3.8) is 0 Å². The first-order valence-electron chi connectivity index (χ1n) is 7.23. The maximum atomic E-state index is 11.3. The summed E-state index contributed by atoms with van der Waals surface area (Å²) >= 11 is 6.39. The highest BCUT2D eigenvalue weighted by Gasteiger charge is 2.26. The number of hydrogen-bond acceptors (Lipinski definition) is 4. The van der Waals surface area contributed by atoms with Gasteiger partial charge in [0, 0.05) is 19.6 Å². The fourth-order valence-corrected chi connectivity index (χ4v) is 2.94. The maximum absolute atomic E-state index is 11.3. The van der Waals surface area contributed by atoms with Crippen molar-refractivity contribution in [1.29, 1.82) is 0 Å². The van der Waals surface area contributed by atoms with Gasteiger partial charge in [0.05, 0.1) is 23.9 Å². The van der Waals surface area contributed by atoms with Crippen molar-refractivity contribution in [2.24, 2.45) is 0 Å². The number of amides is 1. The molecule has 1 aromatic rings. The zero-order chi connectivity index (χ0) is 15.2. The molecule has 1 amide bonds. The Bertz CT molecular complexity index is 496. The lowest BCUT2D eigenvalue weighted by Crippen LogP contribution is -2.37. The summed E-state index contributed by atoms with van der Waals surface area (Å²) in [5.41, 5.74) is 2.25. The standard InChI is InChI=1S/C15H22ClN3O2/c1-3-17-9-11-5-4-6-13(16)14(11)19-8-7-12(10-19)18-15(20)21-2/h4-6,12,17H,3,7-10H2,1-2H3,(H,18,20). The second-order valence-corrected chi connectivity index (χ2v) is 5.50. The molecule has 0 aromatic heterocycles. The molecular weight excluding hydrogens is 290 g/mol. The number of anilines is 1. The van der Waals surface area contributed by atoms with Crippen molar-refractivity contribution in [3.8, 4) is 0 Å². The van der Waals surface area contributed by atoms with Crippen molar-refractivity contribution in [3.05, 3.63) is 28.8 Å². The van der Waals surface area contributed by atoms with Gasteiger partial charge < -0.3 is 20.3 Å².